The van der Waals surface area contributed by atoms with Crippen molar-refractivity contribution < 1.29 is 14.1 Å². The molecule has 2 atom stereocenters. The highest BCUT2D eigenvalue weighted by Crippen LogP contribution is 2.48. The Labute approximate surface area is 159 Å². The third-order valence-electron chi connectivity index (χ3n) is 4.97. The number of amides is 2. The minimum Gasteiger partial charge on any atom is -0.363 e. The van der Waals surface area contributed by atoms with Crippen LogP contribution in [0, 0.1) is 5.92 Å². The first-order chi connectivity index (χ1) is 13.2. The van der Waals surface area contributed by atoms with Gasteiger partial charge in [0.05, 0.1) is 6.54 Å². The van der Waals surface area contributed by atoms with E-state index in [4.69, 9.17) is 4.52 Å². The van der Waals surface area contributed by atoms with E-state index in [1.54, 1.807) is 11.0 Å². The molecule has 1 aromatic heterocycles. The number of hydrogen-bond acceptors (Lipinski definition) is 4. The largest absolute Gasteiger partial charge is 0.363 e. The Morgan fingerprint density at radius 3 is 2.70 bits per heavy atom. The molecule has 1 fully saturated rings. The summed E-state index contributed by atoms with van der Waals surface area (Å²) >= 11 is 0. The normalized spacial score (nSPS) is 18.1. The number of benzene rings is 1. The van der Waals surface area contributed by atoms with Crippen molar-refractivity contribution in [1.82, 2.24) is 10.1 Å². The summed E-state index contributed by atoms with van der Waals surface area (Å²) in [5.74, 6) is 0.459. The van der Waals surface area contributed by atoms with E-state index < -0.39 is 0 Å². The molecule has 0 aliphatic heterocycles. The predicted octanol–water partition coefficient (Wildman–Crippen LogP) is 3.83. The molecule has 1 aromatic carbocycles. The van der Waals surface area contributed by atoms with Gasteiger partial charge in [0.2, 0.25) is 11.8 Å². The summed E-state index contributed by atoms with van der Waals surface area (Å²) in [6, 6.07) is 11.7. The lowest BCUT2D eigenvalue weighted by Crippen LogP contribution is -2.39. The van der Waals surface area contributed by atoms with E-state index >= 15 is 0 Å². The second-order valence-electron chi connectivity index (χ2n) is 7.11. The molecule has 2 aromatic rings. The lowest BCUT2D eigenvalue weighted by atomic mass is 10.1. The van der Waals surface area contributed by atoms with Crippen LogP contribution in [-0.2, 0) is 9.59 Å². The molecule has 6 nitrogen and oxygen atoms in total. The summed E-state index contributed by atoms with van der Waals surface area (Å²) in [5, 5.41) is 6.36. The SMILES string of the molecule is CCCCCCN(CC(=O)Nc1ccon1)C(=O)[C@@H]1C[C@H]1c1ccccc1. The molecule has 1 aliphatic rings. The molecule has 1 N–H and O–H groups in total. The number of carbonyl (C=O) groups excluding carboxylic acids is 2. The molecule has 2 amide bonds. The van der Waals surface area contributed by atoms with Crippen molar-refractivity contribution in [1.29, 1.82) is 0 Å². The van der Waals surface area contributed by atoms with E-state index in [0.29, 0.717) is 12.4 Å². The van der Waals surface area contributed by atoms with Crippen LogP contribution in [0.1, 0.15) is 50.5 Å². The zero-order valence-corrected chi connectivity index (χ0v) is 15.8. The minimum atomic E-state index is -0.246. The van der Waals surface area contributed by atoms with E-state index in [2.05, 4.69) is 29.5 Å². The number of anilines is 1. The molecule has 0 spiro atoms. The molecule has 1 saturated carbocycles. The lowest BCUT2D eigenvalue weighted by molar-refractivity contribution is -0.136. The van der Waals surface area contributed by atoms with Gasteiger partial charge in [0.15, 0.2) is 5.82 Å². The summed E-state index contributed by atoms with van der Waals surface area (Å²) < 4.78 is 4.73. The maximum atomic E-state index is 13.0. The zero-order chi connectivity index (χ0) is 19.1. The quantitative estimate of drug-likeness (QED) is 0.646. The molecule has 0 saturated heterocycles. The van der Waals surface area contributed by atoms with Crippen molar-refractivity contribution in [2.75, 3.05) is 18.4 Å². The van der Waals surface area contributed by atoms with E-state index in [0.717, 1.165) is 32.1 Å². The van der Waals surface area contributed by atoms with Gasteiger partial charge in [-0.1, -0.05) is 61.7 Å². The Kier molecular flexibility index (Phi) is 6.63. The molecular weight excluding hydrogens is 342 g/mol. The first kappa shape index (κ1) is 19.1. The van der Waals surface area contributed by atoms with Gasteiger partial charge < -0.3 is 14.7 Å². The number of nitrogens with one attached hydrogen (secondary N) is 1. The Hall–Kier alpha value is -2.63. The predicted molar refractivity (Wildman–Crippen MR) is 103 cm³/mol. The van der Waals surface area contributed by atoms with Crippen LogP contribution in [0.2, 0.25) is 0 Å². The summed E-state index contributed by atoms with van der Waals surface area (Å²) in [6.45, 7) is 2.82. The molecule has 0 bridgehead atoms. The van der Waals surface area contributed by atoms with Crippen LogP contribution in [0.3, 0.4) is 0 Å². The fourth-order valence-electron chi connectivity index (χ4n) is 3.40. The average Bonchev–Trinajstić information content (AvgIpc) is 3.33. The number of nitrogens with zero attached hydrogens (tertiary/aromatic N) is 2. The second kappa shape index (κ2) is 9.35. The van der Waals surface area contributed by atoms with E-state index in [1.165, 1.54) is 11.8 Å². The first-order valence-electron chi connectivity index (χ1n) is 9.73. The molecular formula is C21H27N3O3. The van der Waals surface area contributed by atoms with Gasteiger partial charge in [0.25, 0.3) is 0 Å². The molecule has 27 heavy (non-hydrogen) atoms. The number of rotatable bonds is 10. The number of aromatic nitrogens is 1. The van der Waals surface area contributed by atoms with Crippen LogP contribution < -0.4 is 5.32 Å². The topological polar surface area (TPSA) is 75.4 Å². The van der Waals surface area contributed by atoms with Crippen LogP contribution in [0.5, 0.6) is 0 Å². The van der Waals surface area contributed by atoms with Gasteiger partial charge >= 0.3 is 0 Å². The van der Waals surface area contributed by atoms with Gasteiger partial charge in [-0.3, -0.25) is 9.59 Å². The Balaban J connectivity index is 1.58. The molecule has 3 rings (SSSR count). The summed E-state index contributed by atoms with van der Waals surface area (Å²) in [6.07, 6.45) is 6.52. The number of carbonyl (C=O) groups is 2. The van der Waals surface area contributed by atoms with Gasteiger partial charge in [0, 0.05) is 18.5 Å². The average molecular weight is 369 g/mol. The highest BCUT2D eigenvalue weighted by Gasteiger charge is 2.45. The van der Waals surface area contributed by atoms with Crippen LogP contribution in [0.25, 0.3) is 0 Å². The zero-order valence-electron chi connectivity index (χ0n) is 15.8. The van der Waals surface area contributed by atoms with Gasteiger partial charge in [-0.15, -0.1) is 0 Å². The van der Waals surface area contributed by atoms with Crippen molar-refractivity contribution in [3.63, 3.8) is 0 Å². The standard InChI is InChI=1S/C21H27N3O3/c1-2-3-4-8-12-24(15-20(25)22-19-11-13-27-23-19)21(26)18-14-17(18)16-9-6-5-7-10-16/h5-7,9-11,13,17-18H,2-4,8,12,14-15H2,1H3,(H,22,23,25)/t17-,18+/m0/s1. The molecule has 0 radical (unpaired) electrons. The number of unbranched alkanes of at least 4 members (excludes halogenated alkanes) is 3. The van der Waals surface area contributed by atoms with Gasteiger partial charge in [-0.05, 0) is 24.3 Å². The van der Waals surface area contributed by atoms with Crippen molar-refractivity contribution in [2.45, 2.75) is 44.9 Å². The minimum absolute atomic E-state index is 0.0153. The Morgan fingerprint density at radius 2 is 2.00 bits per heavy atom. The van der Waals surface area contributed by atoms with E-state index in [1.807, 2.05) is 18.2 Å². The summed E-state index contributed by atoms with van der Waals surface area (Å²) in [4.78, 5) is 27.0. The van der Waals surface area contributed by atoms with Crippen LogP contribution >= 0.6 is 0 Å². The van der Waals surface area contributed by atoms with Crippen LogP contribution in [0.15, 0.2) is 47.2 Å². The van der Waals surface area contributed by atoms with Crippen molar-refractivity contribution >= 4 is 17.6 Å². The highest BCUT2D eigenvalue weighted by atomic mass is 16.5. The molecule has 144 valence electrons. The maximum absolute atomic E-state index is 13.0. The fourth-order valence-corrected chi connectivity index (χ4v) is 3.40. The second-order valence-corrected chi connectivity index (χ2v) is 7.11. The maximum Gasteiger partial charge on any atom is 0.245 e. The van der Waals surface area contributed by atoms with Crippen molar-refractivity contribution in [3.05, 3.63) is 48.2 Å². The Morgan fingerprint density at radius 1 is 1.19 bits per heavy atom. The van der Waals surface area contributed by atoms with Gasteiger partial charge in [0.1, 0.15) is 6.26 Å². The van der Waals surface area contributed by atoms with Crippen LogP contribution in [0.4, 0.5) is 5.82 Å². The monoisotopic (exact) mass is 369 g/mol. The third-order valence-corrected chi connectivity index (χ3v) is 4.97. The Bertz CT molecular complexity index is 730. The lowest BCUT2D eigenvalue weighted by Gasteiger charge is -2.22. The molecule has 1 aliphatic carbocycles. The summed E-state index contributed by atoms with van der Waals surface area (Å²) in [7, 11) is 0. The molecule has 0 unspecified atom stereocenters. The smallest absolute Gasteiger partial charge is 0.245 e. The fraction of sp³-hybridized carbons (Fsp3) is 0.476. The van der Waals surface area contributed by atoms with Crippen molar-refractivity contribution in [3.8, 4) is 0 Å². The summed E-state index contributed by atoms with van der Waals surface area (Å²) in [5.41, 5.74) is 1.20. The van der Waals surface area contributed by atoms with Crippen LogP contribution in [-0.4, -0.2) is 35.0 Å². The van der Waals surface area contributed by atoms with Gasteiger partial charge in [-0.2, -0.15) is 0 Å². The van der Waals surface area contributed by atoms with Crippen molar-refractivity contribution in [2.24, 2.45) is 5.92 Å². The molecule has 6 heteroatoms. The van der Waals surface area contributed by atoms with E-state index in [-0.39, 0.29) is 30.2 Å². The number of hydrogen-bond donors (Lipinski definition) is 1. The molecule has 1 heterocycles. The first-order valence-corrected chi connectivity index (χ1v) is 9.73. The van der Waals surface area contributed by atoms with E-state index in [9.17, 15) is 9.59 Å². The highest BCUT2D eigenvalue weighted by molar-refractivity contribution is 5.94. The third kappa shape index (κ3) is 5.42. The van der Waals surface area contributed by atoms with Gasteiger partial charge in [-0.25, -0.2) is 0 Å².